The quantitative estimate of drug-likeness (QED) is 0.250. The van der Waals surface area contributed by atoms with Crippen LogP contribution in [0.4, 0.5) is 5.69 Å². The average Bonchev–Trinajstić information content (AvgIpc) is 3.21. The van der Waals surface area contributed by atoms with Crippen molar-refractivity contribution in [3.05, 3.63) is 68.0 Å². The fourth-order valence-electron chi connectivity index (χ4n) is 4.18. The molecule has 3 aromatic rings. The maximum atomic E-state index is 12.9. The number of thiophene rings is 1. The summed E-state index contributed by atoms with van der Waals surface area (Å²) >= 11 is 19.2. The monoisotopic (exact) mass is 632 g/mol. The number of carboxylic acid groups (broad SMARTS) is 2. The lowest BCUT2D eigenvalue weighted by molar-refractivity contribution is -0.139. The first-order chi connectivity index (χ1) is 18.4. The van der Waals surface area contributed by atoms with Crippen molar-refractivity contribution >= 4 is 73.8 Å². The van der Waals surface area contributed by atoms with Crippen LogP contribution in [0.1, 0.15) is 28.1 Å². The normalized spacial score (nSPS) is 14.7. The predicted octanol–water partition coefficient (Wildman–Crippen LogP) is 5.94. The highest BCUT2D eigenvalue weighted by molar-refractivity contribution is 7.88. The largest absolute Gasteiger partial charge is 0.479 e. The number of aromatic carboxylic acids is 1. The van der Waals surface area contributed by atoms with Crippen LogP contribution in [0.3, 0.4) is 0 Å². The molecule has 0 atom stereocenters. The van der Waals surface area contributed by atoms with Crippen molar-refractivity contribution in [1.29, 1.82) is 0 Å². The molecule has 2 aromatic carbocycles. The number of halogens is 3. The highest BCUT2D eigenvalue weighted by Gasteiger charge is 2.29. The van der Waals surface area contributed by atoms with Crippen molar-refractivity contribution < 1.29 is 33.0 Å². The Hall–Kier alpha value is -2.54. The van der Waals surface area contributed by atoms with Gasteiger partial charge in [0.1, 0.15) is 5.02 Å². The van der Waals surface area contributed by atoms with Crippen LogP contribution in [0.25, 0.3) is 10.4 Å². The van der Waals surface area contributed by atoms with E-state index in [0.717, 1.165) is 17.0 Å². The molecule has 0 aliphatic carbocycles. The molecular formula is C25H23Cl3N2O7S2. The third-order valence-corrected chi connectivity index (χ3v) is 10.3. The first-order valence-corrected chi connectivity index (χ1v) is 15.2. The smallest absolute Gasteiger partial charge is 0.349 e. The van der Waals surface area contributed by atoms with E-state index in [2.05, 4.69) is 5.32 Å². The molecule has 208 valence electrons. The number of sulfonamides is 1. The maximum absolute atomic E-state index is 12.9. The van der Waals surface area contributed by atoms with Gasteiger partial charge in [0.2, 0.25) is 10.0 Å². The zero-order valence-corrected chi connectivity index (χ0v) is 24.1. The Morgan fingerprint density at radius 1 is 1.05 bits per heavy atom. The first kappa shape index (κ1) is 29.4. The van der Waals surface area contributed by atoms with Crippen LogP contribution in [0.5, 0.6) is 5.75 Å². The van der Waals surface area contributed by atoms with Crippen molar-refractivity contribution in [3.8, 4) is 16.2 Å². The van der Waals surface area contributed by atoms with Gasteiger partial charge in [-0.05, 0) is 48.2 Å². The summed E-state index contributed by atoms with van der Waals surface area (Å²) in [6.45, 7) is -0.0202. The first-order valence-electron chi connectivity index (χ1n) is 11.6. The number of carboxylic acids is 2. The van der Waals surface area contributed by atoms with Crippen LogP contribution in [0.15, 0.2) is 42.5 Å². The fraction of sp³-hybridized carbons (Fsp3) is 0.280. The average molecular weight is 634 g/mol. The van der Waals surface area contributed by atoms with Crippen molar-refractivity contribution in [2.75, 3.05) is 25.0 Å². The van der Waals surface area contributed by atoms with Crippen molar-refractivity contribution in [3.63, 3.8) is 0 Å². The van der Waals surface area contributed by atoms with E-state index >= 15 is 0 Å². The lowest BCUT2D eigenvalue weighted by Crippen LogP contribution is -2.42. The van der Waals surface area contributed by atoms with Crippen LogP contribution in [-0.2, 0) is 20.6 Å². The second-order valence-corrected chi connectivity index (χ2v) is 13.0. The molecule has 0 saturated carbocycles. The molecule has 1 aliphatic heterocycles. The summed E-state index contributed by atoms with van der Waals surface area (Å²) in [4.78, 5) is 22.8. The van der Waals surface area contributed by atoms with Gasteiger partial charge in [0.25, 0.3) is 0 Å². The van der Waals surface area contributed by atoms with Gasteiger partial charge in [0, 0.05) is 24.8 Å². The number of benzene rings is 2. The number of piperidine rings is 1. The molecule has 1 aliphatic rings. The van der Waals surface area contributed by atoms with Crippen molar-refractivity contribution in [1.82, 2.24) is 4.31 Å². The SMILES string of the molecule is O=C(O)COc1c(C(=O)O)sc(-c2cccc(NC3CCN(S(=O)(=O)Cc4ccc(Cl)c(Cl)c4)CC3)c2)c1Cl. The molecule has 14 heteroatoms. The molecule has 0 bridgehead atoms. The number of aliphatic carboxylic acids is 1. The molecule has 0 spiro atoms. The number of ether oxygens (including phenoxy) is 1. The van der Waals surface area contributed by atoms with Crippen LogP contribution in [0.2, 0.25) is 15.1 Å². The predicted molar refractivity (Wildman–Crippen MR) is 152 cm³/mol. The van der Waals surface area contributed by atoms with E-state index in [9.17, 15) is 23.1 Å². The van der Waals surface area contributed by atoms with E-state index in [-0.39, 0.29) is 27.4 Å². The summed E-state index contributed by atoms with van der Waals surface area (Å²) < 4.78 is 32.5. The van der Waals surface area contributed by atoms with Gasteiger partial charge in [-0.25, -0.2) is 22.3 Å². The second-order valence-electron chi connectivity index (χ2n) is 8.79. The van der Waals surface area contributed by atoms with Gasteiger partial charge >= 0.3 is 11.9 Å². The highest BCUT2D eigenvalue weighted by Crippen LogP contribution is 2.46. The van der Waals surface area contributed by atoms with E-state index in [0.29, 0.717) is 52.0 Å². The maximum Gasteiger partial charge on any atom is 0.349 e. The molecule has 2 heterocycles. The summed E-state index contributed by atoms with van der Waals surface area (Å²) in [5, 5.41) is 22.5. The number of hydrogen-bond donors (Lipinski definition) is 3. The van der Waals surface area contributed by atoms with Crippen molar-refractivity contribution in [2.45, 2.75) is 24.6 Å². The fourth-order valence-corrected chi connectivity index (χ4v) is 7.45. The summed E-state index contributed by atoms with van der Waals surface area (Å²) in [6, 6.07) is 12.0. The minimum absolute atomic E-state index is 0.0134. The van der Waals surface area contributed by atoms with E-state index in [1.54, 1.807) is 36.4 Å². The second kappa shape index (κ2) is 12.3. The van der Waals surface area contributed by atoms with Crippen LogP contribution >= 0.6 is 46.1 Å². The summed E-state index contributed by atoms with van der Waals surface area (Å²) in [5.74, 6) is -2.88. The molecular weight excluding hydrogens is 611 g/mol. The Labute approximate surface area is 243 Å². The molecule has 1 saturated heterocycles. The Bertz CT molecular complexity index is 1500. The minimum atomic E-state index is -3.53. The van der Waals surface area contributed by atoms with Gasteiger partial charge < -0.3 is 20.3 Å². The zero-order valence-electron chi connectivity index (χ0n) is 20.2. The Kier molecular flexibility index (Phi) is 9.30. The number of hydrogen-bond acceptors (Lipinski definition) is 7. The lowest BCUT2D eigenvalue weighted by Gasteiger charge is -2.32. The molecule has 1 aromatic heterocycles. The zero-order chi connectivity index (χ0) is 28.3. The van der Waals surface area contributed by atoms with E-state index in [1.807, 2.05) is 6.07 Å². The molecule has 0 unspecified atom stereocenters. The molecule has 3 N–H and O–H groups in total. The number of anilines is 1. The van der Waals surface area contributed by atoms with Gasteiger partial charge in [-0.15, -0.1) is 11.3 Å². The Morgan fingerprint density at radius 2 is 1.77 bits per heavy atom. The number of nitrogens with one attached hydrogen (secondary N) is 1. The number of carbonyl (C=O) groups is 2. The van der Waals surface area contributed by atoms with Crippen LogP contribution in [-0.4, -0.2) is 60.6 Å². The molecule has 9 nitrogen and oxygen atoms in total. The van der Waals surface area contributed by atoms with Gasteiger partial charge in [-0.3, -0.25) is 0 Å². The molecule has 39 heavy (non-hydrogen) atoms. The standard InChI is InChI=1S/C25H23Cl3N2O7S2/c26-18-5-4-14(10-19(18)27)13-39(35,36)30-8-6-16(7-9-30)29-17-3-1-2-15(11-17)23-21(28)22(37-12-20(31)32)24(38-23)25(33)34/h1-5,10-11,16,29H,6-9,12-13H2,(H,31,32)(H,33,34). The van der Waals surface area contributed by atoms with Crippen molar-refractivity contribution in [2.24, 2.45) is 0 Å². The van der Waals surface area contributed by atoms with E-state index in [1.165, 1.54) is 4.31 Å². The van der Waals surface area contributed by atoms with Gasteiger partial charge in [-0.2, -0.15) is 0 Å². The summed E-state index contributed by atoms with van der Waals surface area (Å²) in [5.41, 5.74) is 1.94. The summed E-state index contributed by atoms with van der Waals surface area (Å²) in [7, 11) is -3.53. The minimum Gasteiger partial charge on any atom is -0.479 e. The van der Waals surface area contributed by atoms with Crippen LogP contribution in [0, 0.1) is 0 Å². The lowest BCUT2D eigenvalue weighted by atomic mass is 10.1. The third-order valence-electron chi connectivity index (χ3n) is 6.02. The topological polar surface area (TPSA) is 133 Å². The third kappa shape index (κ3) is 7.16. The number of nitrogens with zero attached hydrogens (tertiary/aromatic N) is 1. The molecule has 4 rings (SSSR count). The molecule has 1 fully saturated rings. The highest BCUT2D eigenvalue weighted by atomic mass is 35.5. The summed E-state index contributed by atoms with van der Waals surface area (Å²) in [6.07, 6.45) is 1.17. The van der Waals surface area contributed by atoms with E-state index < -0.39 is 28.6 Å². The molecule has 0 amide bonds. The van der Waals surface area contributed by atoms with Crippen LogP contribution < -0.4 is 10.1 Å². The van der Waals surface area contributed by atoms with Gasteiger partial charge in [0.15, 0.2) is 17.2 Å². The van der Waals surface area contributed by atoms with Gasteiger partial charge in [0.05, 0.1) is 20.7 Å². The van der Waals surface area contributed by atoms with E-state index in [4.69, 9.17) is 44.6 Å². The Morgan fingerprint density at radius 3 is 2.41 bits per heavy atom. The molecule has 0 radical (unpaired) electrons. The number of rotatable bonds is 10. The van der Waals surface area contributed by atoms with Gasteiger partial charge in [-0.1, -0.05) is 53.0 Å². The Balaban J connectivity index is 1.42.